The number of rotatable bonds is 4. The standard InChI is InChI=1S/C22H25N3O2S/c1-15(21(26)23-16-9-4-2-3-5-10-16)25-22(27)18-12-7-6-11-17(18)20(24-25)19-13-8-14-28-19/h6-8,11-16H,2-5,9-10H2,1H3,(H,23,26)/t15-/m1/s1. The minimum absolute atomic E-state index is 0.131. The van der Waals surface area contributed by atoms with Gasteiger partial charge in [-0.3, -0.25) is 9.59 Å². The van der Waals surface area contributed by atoms with E-state index in [1.165, 1.54) is 17.5 Å². The number of fused-ring (bicyclic) bond motifs is 1. The molecule has 0 radical (unpaired) electrons. The maximum Gasteiger partial charge on any atom is 0.275 e. The van der Waals surface area contributed by atoms with Gasteiger partial charge in [0.15, 0.2) is 0 Å². The summed E-state index contributed by atoms with van der Waals surface area (Å²) < 4.78 is 1.35. The summed E-state index contributed by atoms with van der Waals surface area (Å²) in [5, 5.41) is 11.2. The van der Waals surface area contributed by atoms with Crippen LogP contribution in [0.5, 0.6) is 0 Å². The van der Waals surface area contributed by atoms with Gasteiger partial charge in [-0.15, -0.1) is 11.3 Å². The van der Waals surface area contributed by atoms with Gasteiger partial charge in [0, 0.05) is 11.4 Å². The summed E-state index contributed by atoms with van der Waals surface area (Å²) in [6, 6.07) is 11.0. The fraction of sp³-hybridized carbons (Fsp3) is 0.409. The Morgan fingerprint density at radius 1 is 1.11 bits per heavy atom. The summed E-state index contributed by atoms with van der Waals surface area (Å²) in [5.41, 5.74) is 0.527. The largest absolute Gasteiger partial charge is 0.352 e. The Hall–Kier alpha value is -2.47. The highest BCUT2D eigenvalue weighted by molar-refractivity contribution is 7.13. The molecular weight excluding hydrogens is 370 g/mol. The van der Waals surface area contributed by atoms with Crippen LogP contribution in [-0.2, 0) is 4.79 Å². The van der Waals surface area contributed by atoms with E-state index in [4.69, 9.17) is 0 Å². The average Bonchev–Trinajstić information content (AvgIpc) is 3.13. The predicted octanol–water partition coefficient (Wildman–Crippen LogP) is 4.53. The number of amides is 1. The monoisotopic (exact) mass is 395 g/mol. The Morgan fingerprint density at radius 2 is 1.82 bits per heavy atom. The van der Waals surface area contributed by atoms with Crippen LogP contribution in [0.2, 0.25) is 0 Å². The molecule has 0 saturated heterocycles. The van der Waals surface area contributed by atoms with Gasteiger partial charge in [0.2, 0.25) is 5.91 Å². The lowest BCUT2D eigenvalue weighted by Gasteiger charge is -2.21. The summed E-state index contributed by atoms with van der Waals surface area (Å²) in [4.78, 5) is 27.0. The molecule has 1 fully saturated rings. The van der Waals surface area contributed by atoms with Gasteiger partial charge >= 0.3 is 0 Å². The topological polar surface area (TPSA) is 64.0 Å². The molecule has 0 bridgehead atoms. The third-order valence-corrected chi connectivity index (χ3v) is 6.41. The zero-order valence-electron chi connectivity index (χ0n) is 16.1. The quantitative estimate of drug-likeness (QED) is 0.661. The van der Waals surface area contributed by atoms with Crippen molar-refractivity contribution >= 4 is 28.0 Å². The van der Waals surface area contributed by atoms with Crippen molar-refractivity contribution in [3.8, 4) is 10.6 Å². The molecular formula is C22H25N3O2S. The lowest BCUT2D eigenvalue weighted by molar-refractivity contribution is -0.125. The van der Waals surface area contributed by atoms with Crippen molar-refractivity contribution in [2.45, 2.75) is 57.5 Å². The minimum Gasteiger partial charge on any atom is -0.352 e. The molecule has 1 aromatic carbocycles. The van der Waals surface area contributed by atoms with Gasteiger partial charge in [-0.25, -0.2) is 4.68 Å². The molecule has 0 spiro atoms. The van der Waals surface area contributed by atoms with Crippen molar-refractivity contribution in [1.29, 1.82) is 0 Å². The van der Waals surface area contributed by atoms with E-state index < -0.39 is 6.04 Å². The molecule has 5 nitrogen and oxygen atoms in total. The van der Waals surface area contributed by atoms with Gasteiger partial charge in [-0.05, 0) is 37.3 Å². The third-order valence-electron chi connectivity index (χ3n) is 5.53. The first-order valence-corrected chi connectivity index (χ1v) is 10.9. The Bertz CT molecular complexity index is 1020. The van der Waals surface area contributed by atoms with Crippen molar-refractivity contribution in [2.24, 2.45) is 0 Å². The zero-order chi connectivity index (χ0) is 19.5. The Kier molecular flexibility index (Phi) is 5.57. The van der Waals surface area contributed by atoms with Gasteiger partial charge in [0.25, 0.3) is 5.56 Å². The van der Waals surface area contributed by atoms with Crippen molar-refractivity contribution < 1.29 is 4.79 Å². The smallest absolute Gasteiger partial charge is 0.275 e. The van der Waals surface area contributed by atoms with E-state index in [2.05, 4.69) is 10.4 Å². The fourth-order valence-electron chi connectivity index (χ4n) is 3.92. The number of nitrogens with zero attached hydrogens (tertiary/aromatic N) is 2. The number of carbonyl (C=O) groups excluding carboxylic acids is 1. The van der Waals surface area contributed by atoms with Crippen LogP contribution in [0, 0.1) is 0 Å². The normalized spacial score (nSPS) is 16.6. The number of hydrogen-bond donors (Lipinski definition) is 1. The molecule has 2 aromatic heterocycles. The molecule has 1 saturated carbocycles. The molecule has 1 amide bonds. The van der Waals surface area contributed by atoms with E-state index >= 15 is 0 Å². The highest BCUT2D eigenvalue weighted by Gasteiger charge is 2.23. The van der Waals surface area contributed by atoms with Crippen LogP contribution in [0.25, 0.3) is 21.3 Å². The van der Waals surface area contributed by atoms with E-state index in [0.717, 1.165) is 41.6 Å². The van der Waals surface area contributed by atoms with E-state index in [1.54, 1.807) is 18.3 Å². The van der Waals surface area contributed by atoms with Gasteiger partial charge in [-0.2, -0.15) is 5.10 Å². The van der Waals surface area contributed by atoms with E-state index in [9.17, 15) is 9.59 Å². The van der Waals surface area contributed by atoms with Gasteiger partial charge in [0.05, 0.1) is 10.3 Å². The summed E-state index contributed by atoms with van der Waals surface area (Å²) in [6.07, 6.45) is 6.79. The molecule has 6 heteroatoms. The number of hydrogen-bond acceptors (Lipinski definition) is 4. The van der Waals surface area contributed by atoms with E-state index in [0.29, 0.717) is 5.39 Å². The van der Waals surface area contributed by atoms with Crippen molar-refractivity contribution in [3.05, 3.63) is 52.1 Å². The molecule has 3 aromatic rings. The van der Waals surface area contributed by atoms with Crippen LogP contribution in [0.4, 0.5) is 0 Å². The highest BCUT2D eigenvalue weighted by Crippen LogP contribution is 2.28. The second-order valence-electron chi connectivity index (χ2n) is 7.49. The van der Waals surface area contributed by atoms with Crippen molar-refractivity contribution in [1.82, 2.24) is 15.1 Å². The molecule has 1 N–H and O–H groups in total. The van der Waals surface area contributed by atoms with E-state index in [-0.39, 0.29) is 17.5 Å². The first-order chi connectivity index (χ1) is 13.6. The fourth-order valence-corrected chi connectivity index (χ4v) is 4.64. The lowest BCUT2D eigenvalue weighted by Crippen LogP contribution is -2.42. The predicted molar refractivity (Wildman–Crippen MR) is 114 cm³/mol. The van der Waals surface area contributed by atoms with Crippen LogP contribution in [0.1, 0.15) is 51.5 Å². The van der Waals surface area contributed by atoms with Gasteiger partial charge < -0.3 is 5.32 Å². The van der Waals surface area contributed by atoms with Crippen LogP contribution >= 0.6 is 11.3 Å². The van der Waals surface area contributed by atoms with Gasteiger partial charge in [0.1, 0.15) is 11.7 Å². The maximum atomic E-state index is 13.1. The number of carbonyl (C=O) groups is 1. The first kappa shape index (κ1) is 18.9. The minimum atomic E-state index is -0.654. The van der Waals surface area contributed by atoms with Crippen LogP contribution < -0.4 is 10.9 Å². The SMILES string of the molecule is C[C@H](C(=O)NC1CCCCCC1)n1nc(-c2cccs2)c2ccccc2c1=O. The van der Waals surface area contributed by atoms with Gasteiger partial charge in [-0.1, -0.05) is 49.9 Å². The molecule has 2 heterocycles. The molecule has 1 atom stereocenters. The van der Waals surface area contributed by atoms with E-state index in [1.807, 2.05) is 41.8 Å². The summed E-state index contributed by atoms with van der Waals surface area (Å²) >= 11 is 1.58. The molecule has 28 heavy (non-hydrogen) atoms. The maximum absolute atomic E-state index is 13.1. The highest BCUT2D eigenvalue weighted by atomic mass is 32.1. The average molecular weight is 396 g/mol. The molecule has 1 aliphatic carbocycles. The second kappa shape index (κ2) is 8.27. The van der Waals surface area contributed by atoms with Crippen molar-refractivity contribution in [2.75, 3.05) is 0 Å². The first-order valence-electron chi connectivity index (χ1n) is 10.0. The summed E-state index contributed by atoms with van der Waals surface area (Å²) in [7, 11) is 0. The number of nitrogens with one attached hydrogen (secondary N) is 1. The summed E-state index contributed by atoms with van der Waals surface area (Å²) in [6.45, 7) is 1.76. The summed E-state index contributed by atoms with van der Waals surface area (Å²) in [5.74, 6) is -0.131. The molecule has 0 aliphatic heterocycles. The third kappa shape index (κ3) is 3.74. The molecule has 4 rings (SSSR count). The number of aromatic nitrogens is 2. The second-order valence-corrected chi connectivity index (χ2v) is 8.44. The van der Waals surface area contributed by atoms with Crippen LogP contribution in [0.15, 0.2) is 46.6 Å². The number of benzene rings is 1. The molecule has 0 unspecified atom stereocenters. The van der Waals surface area contributed by atoms with Crippen LogP contribution in [0.3, 0.4) is 0 Å². The van der Waals surface area contributed by atoms with Crippen LogP contribution in [-0.4, -0.2) is 21.7 Å². The van der Waals surface area contributed by atoms with Crippen molar-refractivity contribution in [3.63, 3.8) is 0 Å². The lowest BCUT2D eigenvalue weighted by atomic mass is 10.1. The Balaban J connectivity index is 1.70. The molecule has 146 valence electrons. The Labute approximate surface area is 168 Å². The number of thiophene rings is 1. The Morgan fingerprint density at radius 3 is 2.50 bits per heavy atom. The zero-order valence-corrected chi connectivity index (χ0v) is 16.9. The molecule has 1 aliphatic rings.